The van der Waals surface area contributed by atoms with Crippen molar-refractivity contribution in [1.29, 1.82) is 0 Å². The van der Waals surface area contributed by atoms with Crippen LogP contribution in [0.1, 0.15) is 21.0 Å². The second-order valence-electron chi connectivity index (χ2n) is 5.71. The maximum atomic E-state index is 10.6. The molecule has 0 aliphatic carbocycles. The number of aromatic nitrogens is 2. The molecular weight excluding hydrogens is 477 g/mol. The average Bonchev–Trinajstić information content (AvgIpc) is 2.67. The van der Waals surface area contributed by atoms with Crippen molar-refractivity contribution in [1.82, 2.24) is 9.97 Å². The largest absolute Gasteiger partial charge is 0.505 e. The van der Waals surface area contributed by atoms with Crippen LogP contribution >= 0.6 is 0 Å². The van der Waals surface area contributed by atoms with Gasteiger partial charge in [-0.2, -0.15) is 0 Å². The van der Waals surface area contributed by atoms with Gasteiger partial charge in [-0.25, -0.2) is 19.6 Å². The molecule has 0 atom stereocenters. The zero-order chi connectivity index (χ0) is 20.3. The molecular formula is C20H14CdN2O6. The number of aromatic hydroxyl groups is 2. The smallest absolute Gasteiger partial charge is 0.358 e. The summed E-state index contributed by atoms with van der Waals surface area (Å²) >= 11 is 0. The molecule has 0 aliphatic rings. The van der Waals surface area contributed by atoms with Crippen LogP contribution in [-0.4, -0.2) is 42.3 Å². The van der Waals surface area contributed by atoms with Crippen LogP contribution in [0.4, 0.5) is 0 Å². The predicted octanol–water partition coefficient (Wildman–Crippen LogP) is 3.27. The van der Waals surface area contributed by atoms with Gasteiger partial charge >= 0.3 is 11.9 Å². The van der Waals surface area contributed by atoms with Crippen LogP contribution < -0.4 is 0 Å². The van der Waals surface area contributed by atoms with E-state index in [-0.39, 0.29) is 50.2 Å². The summed E-state index contributed by atoms with van der Waals surface area (Å²) in [5.74, 6) is -3.08. The summed E-state index contributed by atoms with van der Waals surface area (Å²) in [7, 11) is 0. The molecule has 4 rings (SSSR count). The van der Waals surface area contributed by atoms with Crippen LogP contribution in [0, 0.1) is 0 Å². The Morgan fingerprint density at radius 3 is 1.34 bits per heavy atom. The molecule has 0 saturated carbocycles. The van der Waals surface area contributed by atoms with Crippen molar-refractivity contribution in [3.8, 4) is 11.5 Å². The molecule has 2 aromatic carbocycles. The molecule has 4 aromatic rings. The Bertz CT molecular complexity index is 1120. The van der Waals surface area contributed by atoms with Crippen LogP contribution in [0.5, 0.6) is 11.5 Å². The van der Waals surface area contributed by atoms with Gasteiger partial charge in [-0.15, -0.1) is 0 Å². The number of aromatic carboxylic acids is 2. The molecule has 0 spiro atoms. The zero-order valence-corrected chi connectivity index (χ0v) is 19.0. The Hall–Kier alpha value is -3.28. The Morgan fingerprint density at radius 2 is 1.00 bits per heavy atom. The van der Waals surface area contributed by atoms with Gasteiger partial charge in [0.1, 0.15) is 11.5 Å². The van der Waals surface area contributed by atoms with Gasteiger partial charge in [-0.1, -0.05) is 36.4 Å². The first kappa shape index (κ1) is 22.0. The van der Waals surface area contributed by atoms with Crippen LogP contribution in [0.25, 0.3) is 21.8 Å². The molecule has 4 N–H and O–H groups in total. The topological polar surface area (TPSA) is 141 Å². The normalized spacial score (nSPS) is 9.93. The third kappa shape index (κ3) is 4.96. The fourth-order valence-electron chi connectivity index (χ4n) is 2.52. The van der Waals surface area contributed by atoms with E-state index < -0.39 is 11.9 Å². The quantitative estimate of drug-likeness (QED) is 0.314. The first-order valence-electron chi connectivity index (χ1n) is 8.01. The van der Waals surface area contributed by atoms with Crippen molar-refractivity contribution in [3.05, 3.63) is 72.1 Å². The number of rotatable bonds is 2. The summed E-state index contributed by atoms with van der Waals surface area (Å²) in [4.78, 5) is 28.9. The van der Waals surface area contributed by atoms with Crippen LogP contribution in [0.2, 0.25) is 0 Å². The van der Waals surface area contributed by atoms with Crippen LogP contribution in [0.3, 0.4) is 0 Å². The van der Waals surface area contributed by atoms with Gasteiger partial charge in [0, 0.05) is 38.1 Å². The number of carboxylic acids is 2. The molecule has 0 radical (unpaired) electrons. The SMILES string of the molecule is O=C(O)c1nc2ccccc2cc1O.O=C(O)c1nc2ccccc2cc1O.[Cd]. The molecule has 0 unspecified atom stereocenters. The number of para-hydroxylation sites is 2. The fraction of sp³-hybridized carbons (Fsp3) is 0. The van der Waals surface area contributed by atoms with Crippen molar-refractivity contribution in [2.24, 2.45) is 0 Å². The molecule has 9 heteroatoms. The van der Waals surface area contributed by atoms with E-state index in [1.54, 1.807) is 48.5 Å². The van der Waals surface area contributed by atoms with E-state index in [9.17, 15) is 19.8 Å². The van der Waals surface area contributed by atoms with Gasteiger partial charge in [0.25, 0.3) is 0 Å². The monoisotopic (exact) mass is 492 g/mol. The Morgan fingerprint density at radius 1 is 0.655 bits per heavy atom. The van der Waals surface area contributed by atoms with Gasteiger partial charge in [0.05, 0.1) is 11.0 Å². The molecule has 0 bridgehead atoms. The molecule has 8 nitrogen and oxygen atoms in total. The predicted molar refractivity (Wildman–Crippen MR) is 101 cm³/mol. The number of carbonyl (C=O) groups is 2. The van der Waals surface area contributed by atoms with Gasteiger partial charge in [-0.05, 0) is 24.3 Å². The zero-order valence-electron chi connectivity index (χ0n) is 15.0. The first-order chi connectivity index (χ1) is 13.4. The molecule has 2 aromatic heterocycles. The van der Waals surface area contributed by atoms with E-state index in [2.05, 4.69) is 9.97 Å². The molecule has 0 aliphatic heterocycles. The van der Waals surface area contributed by atoms with Crippen molar-refractivity contribution in [2.75, 3.05) is 0 Å². The van der Waals surface area contributed by atoms with E-state index in [0.717, 1.165) is 10.8 Å². The van der Waals surface area contributed by atoms with E-state index >= 15 is 0 Å². The number of pyridine rings is 2. The van der Waals surface area contributed by atoms with Crippen molar-refractivity contribution in [3.63, 3.8) is 0 Å². The maximum Gasteiger partial charge on any atom is 0.358 e. The van der Waals surface area contributed by atoms with Gasteiger partial charge in [0.15, 0.2) is 11.4 Å². The minimum Gasteiger partial charge on any atom is -0.505 e. The number of nitrogens with zero attached hydrogens (tertiary/aromatic N) is 2. The first-order valence-corrected chi connectivity index (χ1v) is 8.01. The number of benzene rings is 2. The fourth-order valence-corrected chi connectivity index (χ4v) is 2.52. The third-order valence-corrected chi connectivity index (χ3v) is 3.81. The van der Waals surface area contributed by atoms with Crippen molar-refractivity contribution < 1.29 is 57.3 Å². The molecule has 0 fully saturated rings. The van der Waals surface area contributed by atoms with Crippen molar-refractivity contribution >= 4 is 33.7 Å². The van der Waals surface area contributed by atoms with E-state index in [0.29, 0.717) is 11.0 Å². The molecule has 29 heavy (non-hydrogen) atoms. The second-order valence-corrected chi connectivity index (χ2v) is 5.71. The maximum absolute atomic E-state index is 10.6. The van der Waals surface area contributed by atoms with Crippen LogP contribution in [0.15, 0.2) is 60.7 Å². The minimum atomic E-state index is -1.23. The molecule has 0 saturated heterocycles. The van der Waals surface area contributed by atoms with E-state index in [1.807, 2.05) is 0 Å². The van der Waals surface area contributed by atoms with E-state index in [4.69, 9.17) is 10.2 Å². The van der Waals surface area contributed by atoms with Gasteiger partial charge < -0.3 is 20.4 Å². The van der Waals surface area contributed by atoms with Crippen LogP contribution in [-0.2, 0) is 27.3 Å². The second kappa shape index (κ2) is 9.28. The standard InChI is InChI=1S/2C10H7NO3.Cd/c2*12-8-5-6-3-1-2-4-7(6)11-9(8)10(13)14;/h2*1-5,12H,(H,13,14);. The Labute approximate surface area is 184 Å². The summed E-state index contributed by atoms with van der Waals surface area (Å²) in [5, 5.41) is 37.5. The van der Waals surface area contributed by atoms with E-state index in [1.165, 1.54) is 12.1 Å². The number of hydrogen-bond acceptors (Lipinski definition) is 6. The van der Waals surface area contributed by atoms with Gasteiger partial charge in [-0.3, -0.25) is 0 Å². The summed E-state index contributed by atoms with van der Waals surface area (Å²) in [6, 6.07) is 16.8. The minimum absolute atomic E-state index is 0. The summed E-state index contributed by atoms with van der Waals surface area (Å²) < 4.78 is 0. The summed E-state index contributed by atoms with van der Waals surface area (Å²) in [6.45, 7) is 0. The summed E-state index contributed by atoms with van der Waals surface area (Å²) in [5.41, 5.74) is 0.484. The summed E-state index contributed by atoms with van der Waals surface area (Å²) in [6.07, 6.45) is 0. The molecule has 2 heterocycles. The van der Waals surface area contributed by atoms with Gasteiger partial charge in [0.2, 0.25) is 0 Å². The number of hydrogen-bond donors (Lipinski definition) is 4. The van der Waals surface area contributed by atoms with Crippen molar-refractivity contribution in [2.45, 2.75) is 0 Å². The average molecular weight is 491 g/mol. The number of carboxylic acid groups (broad SMARTS) is 2. The Kier molecular flexibility index (Phi) is 7.04. The molecule has 142 valence electrons. The third-order valence-electron chi connectivity index (χ3n) is 3.81. The number of fused-ring (bicyclic) bond motifs is 2. The molecule has 0 amide bonds. The Balaban J connectivity index is 0.000000200.